The molecule has 0 aliphatic carbocycles. The van der Waals surface area contributed by atoms with Crippen LogP contribution in [0.1, 0.15) is 48.0 Å². The van der Waals surface area contributed by atoms with Crippen molar-refractivity contribution in [1.82, 2.24) is 10.6 Å². The fraction of sp³-hybridized carbons (Fsp3) is 0.786. The summed E-state index contributed by atoms with van der Waals surface area (Å²) in [7, 11) is 1.45. The summed E-state index contributed by atoms with van der Waals surface area (Å²) in [6.07, 6.45) is -0.993. The van der Waals surface area contributed by atoms with Crippen molar-refractivity contribution in [2.24, 2.45) is 0 Å². The summed E-state index contributed by atoms with van der Waals surface area (Å²) in [4.78, 5) is 35.2. The molecule has 0 spiro atoms. The molecule has 0 heterocycles. The summed E-state index contributed by atoms with van der Waals surface area (Å²) >= 11 is 0. The second kappa shape index (κ2) is 7.28. The van der Waals surface area contributed by atoms with Gasteiger partial charge in [-0.15, -0.1) is 0 Å². The number of ether oxygens (including phenoxy) is 2. The molecule has 7 nitrogen and oxygen atoms in total. The average molecular weight is 302 g/mol. The first-order chi connectivity index (χ1) is 9.34. The summed E-state index contributed by atoms with van der Waals surface area (Å²) in [6.45, 7) is 10.2. The lowest BCUT2D eigenvalue weighted by atomic mass is 10.1. The maximum atomic E-state index is 12.0. The van der Waals surface area contributed by atoms with Crippen LogP contribution >= 0.6 is 0 Å². The van der Waals surface area contributed by atoms with Crippen LogP contribution in [0.15, 0.2) is 0 Å². The van der Waals surface area contributed by atoms with Crippen molar-refractivity contribution >= 4 is 18.0 Å². The molecule has 7 heteroatoms. The molecule has 0 fully saturated rings. The van der Waals surface area contributed by atoms with Crippen molar-refractivity contribution in [2.45, 2.75) is 65.2 Å². The van der Waals surface area contributed by atoms with Gasteiger partial charge in [-0.05, 0) is 41.5 Å². The first-order valence-electron chi connectivity index (χ1n) is 6.77. The van der Waals surface area contributed by atoms with Crippen LogP contribution in [-0.2, 0) is 19.1 Å². The van der Waals surface area contributed by atoms with E-state index in [9.17, 15) is 14.4 Å². The highest BCUT2D eigenvalue weighted by molar-refractivity contribution is 5.88. The van der Waals surface area contributed by atoms with Crippen molar-refractivity contribution in [3.8, 4) is 0 Å². The predicted octanol–water partition coefficient (Wildman–Crippen LogP) is 1.36. The van der Waals surface area contributed by atoms with E-state index in [1.807, 2.05) is 0 Å². The van der Waals surface area contributed by atoms with E-state index in [1.54, 1.807) is 41.5 Å². The molecule has 2 N–H and O–H groups in total. The first kappa shape index (κ1) is 19.2. The number of alkyl carbamates (subject to hydrolysis) is 1. The van der Waals surface area contributed by atoms with Gasteiger partial charge in [0.2, 0.25) is 5.91 Å². The molecule has 0 aliphatic rings. The van der Waals surface area contributed by atoms with E-state index < -0.39 is 29.3 Å². The summed E-state index contributed by atoms with van der Waals surface area (Å²) in [6, 6.07) is -1.10. The summed E-state index contributed by atoms with van der Waals surface area (Å²) in [5.74, 6) is -1.07. The molecular formula is C14H26N2O5. The highest BCUT2D eigenvalue weighted by atomic mass is 16.6. The standard InChI is InChI=1S/C14H26N2O5/c1-13(2,3)20-11(18)9(8-10(17)15-7)16-12(19)21-14(4,5)6/h9H,8H2,1-7H3,(H,15,17)(H,16,19). The van der Waals surface area contributed by atoms with Crippen LogP contribution in [0.2, 0.25) is 0 Å². The second-order valence-electron chi connectivity index (χ2n) is 6.61. The molecule has 2 amide bonds. The van der Waals surface area contributed by atoms with Gasteiger partial charge in [-0.3, -0.25) is 4.79 Å². The number of carbonyl (C=O) groups excluding carboxylic acids is 3. The Morgan fingerprint density at radius 3 is 1.81 bits per heavy atom. The number of hydrogen-bond donors (Lipinski definition) is 2. The number of esters is 1. The Bertz CT molecular complexity index is 393. The highest BCUT2D eigenvalue weighted by Crippen LogP contribution is 2.11. The zero-order valence-corrected chi connectivity index (χ0v) is 13.8. The van der Waals surface area contributed by atoms with Crippen LogP contribution in [0.5, 0.6) is 0 Å². The third kappa shape index (κ3) is 9.70. The van der Waals surface area contributed by atoms with Crippen LogP contribution in [0.25, 0.3) is 0 Å². The van der Waals surface area contributed by atoms with Gasteiger partial charge in [0, 0.05) is 7.05 Å². The van der Waals surface area contributed by atoms with Gasteiger partial charge in [-0.2, -0.15) is 0 Å². The molecule has 21 heavy (non-hydrogen) atoms. The number of amides is 2. The molecule has 0 bridgehead atoms. The van der Waals surface area contributed by atoms with E-state index >= 15 is 0 Å². The van der Waals surface area contributed by atoms with Gasteiger partial charge in [0.25, 0.3) is 0 Å². The second-order valence-corrected chi connectivity index (χ2v) is 6.61. The zero-order valence-electron chi connectivity index (χ0n) is 13.8. The Hall–Kier alpha value is -1.79. The van der Waals surface area contributed by atoms with E-state index in [-0.39, 0.29) is 12.3 Å². The van der Waals surface area contributed by atoms with E-state index in [1.165, 1.54) is 7.05 Å². The Morgan fingerprint density at radius 1 is 0.952 bits per heavy atom. The van der Waals surface area contributed by atoms with Gasteiger partial charge >= 0.3 is 12.1 Å². The molecule has 0 aromatic heterocycles. The smallest absolute Gasteiger partial charge is 0.408 e. The lowest BCUT2D eigenvalue weighted by Crippen LogP contribution is -2.48. The molecule has 122 valence electrons. The van der Waals surface area contributed by atoms with E-state index in [0.29, 0.717) is 0 Å². The summed E-state index contributed by atoms with van der Waals surface area (Å²) < 4.78 is 10.3. The minimum Gasteiger partial charge on any atom is -0.458 e. The van der Waals surface area contributed by atoms with Gasteiger partial charge < -0.3 is 20.1 Å². The maximum absolute atomic E-state index is 12.0. The van der Waals surface area contributed by atoms with Crippen molar-refractivity contribution in [1.29, 1.82) is 0 Å². The third-order valence-corrected chi connectivity index (χ3v) is 2.05. The topological polar surface area (TPSA) is 93.7 Å². The Kier molecular flexibility index (Phi) is 6.66. The molecule has 1 unspecified atom stereocenters. The summed E-state index contributed by atoms with van der Waals surface area (Å²) in [5.41, 5.74) is -1.41. The number of nitrogens with one attached hydrogen (secondary N) is 2. The number of carbonyl (C=O) groups is 3. The zero-order chi connectivity index (χ0) is 16.8. The lowest BCUT2D eigenvalue weighted by Gasteiger charge is -2.25. The molecule has 0 saturated heterocycles. The average Bonchev–Trinajstić information content (AvgIpc) is 2.22. The molecule has 0 aliphatic heterocycles. The highest BCUT2D eigenvalue weighted by Gasteiger charge is 2.30. The third-order valence-electron chi connectivity index (χ3n) is 2.05. The monoisotopic (exact) mass is 302 g/mol. The fourth-order valence-corrected chi connectivity index (χ4v) is 1.30. The van der Waals surface area contributed by atoms with Crippen LogP contribution in [-0.4, -0.2) is 42.3 Å². The number of rotatable bonds is 4. The molecule has 0 saturated carbocycles. The minimum atomic E-state index is -1.10. The van der Waals surface area contributed by atoms with Crippen molar-refractivity contribution < 1.29 is 23.9 Å². The van der Waals surface area contributed by atoms with Gasteiger partial charge in [-0.1, -0.05) is 0 Å². The first-order valence-corrected chi connectivity index (χ1v) is 6.77. The number of hydrogen-bond acceptors (Lipinski definition) is 5. The molecule has 0 radical (unpaired) electrons. The molecule has 0 aromatic carbocycles. The molecule has 0 aromatic rings. The maximum Gasteiger partial charge on any atom is 0.408 e. The van der Waals surface area contributed by atoms with Gasteiger partial charge in [-0.25, -0.2) is 9.59 Å². The van der Waals surface area contributed by atoms with Crippen molar-refractivity contribution in [2.75, 3.05) is 7.05 Å². The van der Waals surface area contributed by atoms with E-state index in [2.05, 4.69) is 10.6 Å². The van der Waals surface area contributed by atoms with Crippen LogP contribution < -0.4 is 10.6 Å². The molecular weight excluding hydrogens is 276 g/mol. The minimum absolute atomic E-state index is 0.218. The van der Waals surface area contributed by atoms with Gasteiger partial charge in [0.1, 0.15) is 17.2 Å². The molecule has 0 rings (SSSR count). The Labute approximate surface area is 125 Å². The van der Waals surface area contributed by atoms with Gasteiger partial charge in [0.15, 0.2) is 0 Å². The SMILES string of the molecule is CNC(=O)CC(NC(=O)OC(C)(C)C)C(=O)OC(C)(C)C. The normalized spacial score (nSPS) is 13.1. The Balaban J connectivity index is 4.86. The molecule has 1 atom stereocenters. The van der Waals surface area contributed by atoms with Crippen LogP contribution in [0.3, 0.4) is 0 Å². The van der Waals surface area contributed by atoms with E-state index in [0.717, 1.165) is 0 Å². The van der Waals surface area contributed by atoms with Crippen LogP contribution in [0, 0.1) is 0 Å². The van der Waals surface area contributed by atoms with E-state index in [4.69, 9.17) is 9.47 Å². The van der Waals surface area contributed by atoms with Crippen molar-refractivity contribution in [3.63, 3.8) is 0 Å². The van der Waals surface area contributed by atoms with Gasteiger partial charge in [0.05, 0.1) is 6.42 Å². The quantitative estimate of drug-likeness (QED) is 0.765. The Morgan fingerprint density at radius 2 is 1.43 bits per heavy atom. The summed E-state index contributed by atoms with van der Waals surface area (Å²) in [5, 5.41) is 4.76. The fourth-order valence-electron chi connectivity index (χ4n) is 1.30. The predicted molar refractivity (Wildman–Crippen MR) is 77.7 cm³/mol. The largest absolute Gasteiger partial charge is 0.458 e. The van der Waals surface area contributed by atoms with Crippen LogP contribution in [0.4, 0.5) is 4.79 Å². The van der Waals surface area contributed by atoms with Crippen molar-refractivity contribution in [3.05, 3.63) is 0 Å². The lowest BCUT2D eigenvalue weighted by molar-refractivity contribution is -0.158.